The summed E-state index contributed by atoms with van der Waals surface area (Å²) in [5.41, 5.74) is 2.63. The minimum Gasteiger partial charge on any atom is -0.495 e. The molecular formula is C31H38F4N4O. The van der Waals surface area contributed by atoms with Crippen molar-refractivity contribution in [2.24, 2.45) is 0 Å². The van der Waals surface area contributed by atoms with Crippen molar-refractivity contribution in [1.29, 1.82) is 0 Å². The molecule has 4 rings (SSSR count). The minimum absolute atomic E-state index is 0.115. The molecule has 5 nitrogen and oxygen atoms in total. The molecule has 0 spiro atoms. The Balaban J connectivity index is 1.57. The van der Waals surface area contributed by atoms with E-state index in [-0.39, 0.29) is 23.8 Å². The summed E-state index contributed by atoms with van der Waals surface area (Å²) in [6, 6.07) is 10.5. The summed E-state index contributed by atoms with van der Waals surface area (Å²) in [5, 5.41) is 7.11. The van der Waals surface area contributed by atoms with Crippen LogP contribution in [0.4, 0.5) is 28.9 Å². The number of piperidine rings is 1. The summed E-state index contributed by atoms with van der Waals surface area (Å²) >= 11 is 0. The Bertz CT molecular complexity index is 1360. The van der Waals surface area contributed by atoms with Crippen LogP contribution in [0.2, 0.25) is 0 Å². The maximum absolute atomic E-state index is 14.7. The number of benzene rings is 2. The predicted octanol–water partition coefficient (Wildman–Crippen LogP) is 7.19. The topological polar surface area (TPSA) is 41.5 Å². The summed E-state index contributed by atoms with van der Waals surface area (Å²) in [4.78, 5) is 2.47. The molecule has 1 atom stereocenters. The van der Waals surface area contributed by atoms with Crippen LogP contribution in [0.5, 0.6) is 5.75 Å². The third-order valence-electron chi connectivity index (χ3n) is 7.48. The molecule has 0 radical (unpaired) electrons. The molecule has 0 bridgehead atoms. The average molecular weight is 559 g/mol. The third-order valence-corrected chi connectivity index (χ3v) is 7.48. The first kappa shape index (κ1) is 29.6. The molecule has 1 aliphatic rings. The number of rotatable bonds is 9. The van der Waals surface area contributed by atoms with E-state index in [2.05, 4.69) is 41.2 Å². The van der Waals surface area contributed by atoms with E-state index in [1.54, 1.807) is 13.2 Å². The van der Waals surface area contributed by atoms with E-state index < -0.39 is 18.5 Å². The van der Waals surface area contributed by atoms with Crippen LogP contribution in [0.1, 0.15) is 50.8 Å². The second kappa shape index (κ2) is 12.9. The van der Waals surface area contributed by atoms with Gasteiger partial charge in [-0.3, -0.25) is 0 Å². The van der Waals surface area contributed by atoms with E-state index in [0.717, 1.165) is 60.7 Å². The van der Waals surface area contributed by atoms with Gasteiger partial charge in [-0.1, -0.05) is 25.3 Å². The number of methoxy groups -OCH3 is 1. The smallest absolute Gasteiger partial charge is 0.406 e. The molecule has 216 valence electrons. The van der Waals surface area contributed by atoms with Gasteiger partial charge in [-0.05, 0) is 74.9 Å². The van der Waals surface area contributed by atoms with Crippen molar-refractivity contribution in [3.8, 4) is 17.6 Å². The molecule has 3 aromatic rings. The molecule has 2 aromatic carbocycles. The largest absolute Gasteiger partial charge is 0.495 e. The van der Waals surface area contributed by atoms with Crippen molar-refractivity contribution in [2.75, 3.05) is 37.4 Å². The predicted molar refractivity (Wildman–Crippen MR) is 154 cm³/mol. The quantitative estimate of drug-likeness (QED) is 0.216. The van der Waals surface area contributed by atoms with Crippen LogP contribution in [0.15, 0.2) is 36.4 Å². The third kappa shape index (κ3) is 7.42. The second-order valence-electron chi connectivity index (χ2n) is 10.6. The van der Waals surface area contributed by atoms with Crippen molar-refractivity contribution < 1.29 is 22.3 Å². The van der Waals surface area contributed by atoms with E-state index in [0.29, 0.717) is 22.9 Å². The summed E-state index contributed by atoms with van der Waals surface area (Å²) in [5.74, 6) is 5.87. The molecular weight excluding hydrogens is 520 g/mol. The maximum Gasteiger partial charge on any atom is 0.406 e. The zero-order valence-electron chi connectivity index (χ0n) is 23.6. The lowest BCUT2D eigenvalue weighted by atomic mass is 10.0. The van der Waals surface area contributed by atoms with E-state index in [1.807, 2.05) is 25.1 Å². The van der Waals surface area contributed by atoms with E-state index >= 15 is 0 Å². The van der Waals surface area contributed by atoms with Crippen LogP contribution in [0, 0.1) is 24.6 Å². The molecule has 2 heterocycles. The minimum atomic E-state index is -4.49. The molecule has 40 heavy (non-hydrogen) atoms. The molecule has 0 amide bonds. The number of nitrogens with zero attached hydrogens (tertiary/aromatic N) is 2. The fraction of sp³-hybridized carbons (Fsp3) is 0.484. The number of aryl methyl sites for hydroxylation is 1. The molecule has 1 aromatic heterocycles. The van der Waals surface area contributed by atoms with Gasteiger partial charge in [0, 0.05) is 36.2 Å². The number of ether oxygens (including phenoxy) is 1. The summed E-state index contributed by atoms with van der Waals surface area (Å²) < 4.78 is 61.9. The van der Waals surface area contributed by atoms with Gasteiger partial charge in [-0.2, -0.15) is 13.2 Å². The highest BCUT2D eigenvalue weighted by atomic mass is 19.4. The highest BCUT2D eigenvalue weighted by Crippen LogP contribution is 2.33. The molecule has 0 aliphatic carbocycles. The monoisotopic (exact) mass is 558 g/mol. The molecule has 1 unspecified atom stereocenters. The van der Waals surface area contributed by atoms with Crippen molar-refractivity contribution in [3.63, 3.8) is 0 Å². The molecule has 1 saturated heterocycles. The zero-order valence-corrected chi connectivity index (χ0v) is 23.6. The molecule has 1 fully saturated rings. The Morgan fingerprint density at radius 3 is 2.52 bits per heavy atom. The van der Waals surface area contributed by atoms with Gasteiger partial charge in [0.25, 0.3) is 0 Å². The fourth-order valence-corrected chi connectivity index (χ4v) is 5.42. The Kier molecular flexibility index (Phi) is 9.52. The van der Waals surface area contributed by atoms with Gasteiger partial charge in [0.2, 0.25) is 0 Å². The van der Waals surface area contributed by atoms with E-state index in [4.69, 9.17) is 4.74 Å². The van der Waals surface area contributed by atoms with Crippen LogP contribution in [-0.2, 0) is 6.54 Å². The number of nitrogens with one attached hydrogen (secondary N) is 2. The lowest BCUT2D eigenvalue weighted by Gasteiger charge is -2.36. The second-order valence-corrected chi connectivity index (χ2v) is 10.6. The highest BCUT2D eigenvalue weighted by Gasteiger charge is 2.30. The number of likely N-dealkylation sites (tertiary alicyclic amines) is 1. The molecule has 2 N–H and O–H groups in total. The van der Waals surface area contributed by atoms with Gasteiger partial charge < -0.3 is 24.8 Å². The number of alkyl halides is 3. The van der Waals surface area contributed by atoms with Crippen LogP contribution < -0.4 is 15.4 Å². The standard InChI is InChI=1S/C31H38F4N4O/c1-5-7-22(3)38-14-11-24(12-15-38)37-28-17-23(32)18-29-26(28)19-25(39(29)20-31(33,34)35)8-6-13-36-27-10-9-21(2)16-30(27)40-4/h9-10,16-19,22,24,36-37H,5,7,11-15,20H2,1-4H3. The maximum atomic E-state index is 14.7. The van der Waals surface area contributed by atoms with Gasteiger partial charge in [0.05, 0.1) is 30.6 Å². The van der Waals surface area contributed by atoms with Gasteiger partial charge in [-0.15, -0.1) is 0 Å². The van der Waals surface area contributed by atoms with Crippen LogP contribution in [0.3, 0.4) is 0 Å². The number of hydrogen-bond donors (Lipinski definition) is 2. The van der Waals surface area contributed by atoms with Crippen molar-refractivity contribution >= 4 is 22.3 Å². The van der Waals surface area contributed by atoms with Gasteiger partial charge in [-0.25, -0.2) is 4.39 Å². The summed E-state index contributed by atoms with van der Waals surface area (Å²) in [7, 11) is 1.57. The van der Waals surface area contributed by atoms with Gasteiger partial charge in [0.1, 0.15) is 18.1 Å². The normalized spacial score (nSPS) is 15.5. The number of anilines is 2. The Labute approximate surface area is 233 Å². The van der Waals surface area contributed by atoms with Gasteiger partial charge in [0.15, 0.2) is 0 Å². The van der Waals surface area contributed by atoms with Crippen LogP contribution in [0.25, 0.3) is 10.9 Å². The first-order chi connectivity index (χ1) is 19.1. The number of fused-ring (bicyclic) bond motifs is 1. The lowest BCUT2D eigenvalue weighted by molar-refractivity contribution is -0.140. The highest BCUT2D eigenvalue weighted by molar-refractivity contribution is 5.94. The number of hydrogen-bond acceptors (Lipinski definition) is 4. The molecule has 1 aliphatic heterocycles. The first-order valence-electron chi connectivity index (χ1n) is 13.9. The van der Waals surface area contributed by atoms with E-state index in [9.17, 15) is 17.6 Å². The SMILES string of the molecule is CCCC(C)N1CCC(Nc2cc(F)cc3c2cc(C#CCNc2ccc(C)cc2OC)n3CC(F)(F)F)CC1. The van der Waals surface area contributed by atoms with Crippen molar-refractivity contribution in [3.05, 3.63) is 53.5 Å². The summed E-state index contributed by atoms with van der Waals surface area (Å²) in [6.45, 7) is 7.18. The lowest BCUT2D eigenvalue weighted by Crippen LogP contribution is -2.43. The van der Waals surface area contributed by atoms with Crippen LogP contribution in [-0.4, -0.2) is 54.5 Å². The Morgan fingerprint density at radius 2 is 1.85 bits per heavy atom. The summed E-state index contributed by atoms with van der Waals surface area (Å²) in [6.07, 6.45) is -0.436. The van der Waals surface area contributed by atoms with Gasteiger partial charge >= 0.3 is 6.18 Å². The Hall–Kier alpha value is -3.38. The fourth-order valence-electron chi connectivity index (χ4n) is 5.42. The average Bonchev–Trinajstić information content (AvgIpc) is 3.23. The van der Waals surface area contributed by atoms with E-state index in [1.165, 1.54) is 6.07 Å². The van der Waals surface area contributed by atoms with Crippen LogP contribution >= 0.6 is 0 Å². The molecule has 0 saturated carbocycles. The number of halogens is 4. The van der Waals surface area contributed by atoms with Crippen molar-refractivity contribution in [2.45, 2.75) is 71.3 Å². The number of aromatic nitrogens is 1. The van der Waals surface area contributed by atoms with Crippen molar-refractivity contribution in [1.82, 2.24) is 9.47 Å². The Morgan fingerprint density at radius 1 is 1.10 bits per heavy atom. The molecule has 9 heteroatoms. The zero-order chi connectivity index (χ0) is 28.9. The first-order valence-corrected chi connectivity index (χ1v) is 13.9.